The fourth-order valence-electron chi connectivity index (χ4n) is 3.45. The Labute approximate surface area is 140 Å². The smallest absolute Gasteiger partial charge is 0.191 e. The molecule has 1 fully saturated rings. The number of nitrogens with one attached hydrogen (secondary N) is 3. The molecule has 0 spiro atoms. The highest BCUT2D eigenvalue weighted by Crippen LogP contribution is 2.41. The van der Waals surface area contributed by atoms with Gasteiger partial charge in [-0.05, 0) is 56.9 Å². The van der Waals surface area contributed by atoms with Crippen molar-refractivity contribution in [3.05, 3.63) is 17.5 Å². The Balaban J connectivity index is 1.78. The standard InChI is InChI=1S/C18H33N5/c1-4-18(10-6-7-11-18)14-21-17(19-5-2)20-12-8-9-16-13-22-23-15(16)3/h13H,4-12,14H2,1-3H3,(H,22,23)(H2,19,20,21). The molecule has 0 aliphatic heterocycles. The lowest BCUT2D eigenvalue weighted by Gasteiger charge is -2.25. The second-order valence-corrected chi connectivity index (χ2v) is 6.81. The van der Waals surface area contributed by atoms with E-state index in [0.29, 0.717) is 5.41 Å². The van der Waals surface area contributed by atoms with Gasteiger partial charge in [-0.2, -0.15) is 5.10 Å². The van der Waals surface area contributed by atoms with Gasteiger partial charge < -0.3 is 10.6 Å². The highest BCUT2D eigenvalue weighted by atomic mass is 15.2. The van der Waals surface area contributed by atoms with Crippen molar-refractivity contribution in [3.8, 4) is 0 Å². The summed E-state index contributed by atoms with van der Waals surface area (Å²) in [5, 5.41) is 13.9. The molecule has 0 amide bonds. The number of nitrogens with zero attached hydrogens (tertiary/aromatic N) is 2. The second kappa shape index (κ2) is 8.94. The molecule has 1 heterocycles. The second-order valence-electron chi connectivity index (χ2n) is 6.81. The molecule has 0 saturated heterocycles. The van der Waals surface area contributed by atoms with Gasteiger partial charge in [-0.15, -0.1) is 0 Å². The molecular formula is C18H33N5. The van der Waals surface area contributed by atoms with E-state index in [-0.39, 0.29) is 0 Å². The number of guanidine groups is 1. The van der Waals surface area contributed by atoms with Gasteiger partial charge in [0.2, 0.25) is 0 Å². The van der Waals surface area contributed by atoms with E-state index >= 15 is 0 Å². The van der Waals surface area contributed by atoms with Gasteiger partial charge in [0.1, 0.15) is 0 Å². The molecule has 1 aliphatic rings. The van der Waals surface area contributed by atoms with Gasteiger partial charge >= 0.3 is 0 Å². The summed E-state index contributed by atoms with van der Waals surface area (Å²) in [5.41, 5.74) is 2.94. The third kappa shape index (κ3) is 5.26. The fourth-order valence-corrected chi connectivity index (χ4v) is 3.45. The Morgan fingerprint density at radius 3 is 2.70 bits per heavy atom. The van der Waals surface area contributed by atoms with Crippen LogP contribution in [0, 0.1) is 12.3 Å². The Kier molecular flexibility index (Phi) is 6.93. The van der Waals surface area contributed by atoms with Crippen molar-refractivity contribution in [2.45, 2.75) is 65.7 Å². The first-order chi connectivity index (χ1) is 11.2. The first-order valence-corrected chi connectivity index (χ1v) is 9.20. The van der Waals surface area contributed by atoms with Crippen LogP contribution in [0.1, 0.15) is 63.6 Å². The van der Waals surface area contributed by atoms with Crippen LogP contribution in [0.3, 0.4) is 0 Å². The van der Waals surface area contributed by atoms with E-state index in [9.17, 15) is 0 Å². The minimum absolute atomic E-state index is 0.455. The number of aromatic nitrogens is 2. The average molecular weight is 319 g/mol. The highest BCUT2D eigenvalue weighted by molar-refractivity contribution is 5.79. The van der Waals surface area contributed by atoms with E-state index < -0.39 is 0 Å². The normalized spacial score (nSPS) is 17.4. The summed E-state index contributed by atoms with van der Waals surface area (Å²) in [6.07, 6.45) is 10.7. The van der Waals surface area contributed by atoms with Crippen molar-refractivity contribution >= 4 is 5.96 Å². The quantitative estimate of drug-likeness (QED) is 0.392. The van der Waals surface area contributed by atoms with Gasteiger partial charge in [-0.1, -0.05) is 19.8 Å². The molecule has 0 atom stereocenters. The maximum Gasteiger partial charge on any atom is 0.191 e. The average Bonchev–Trinajstić information content (AvgIpc) is 3.19. The van der Waals surface area contributed by atoms with E-state index in [1.54, 1.807) is 0 Å². The number of aromatic amines is 1. The molecule has 1 aliphatic carbocycles. The molecule has 2 rings (SSSR count). The maximum atomic E-state index is 4.87. The summed E-state index contributed by atoms with van der Waals surface area (Å²) in [6.45, 7) is 9.32. The number of rotatable bonds is 8. The van der Waals surface area contributed by atoms with Crippen LogP contribution in [0.25, 0.3) is 0 Å². The van der Waals surface area contributed by atoms with Crippen molar-refractivity contribution in [3.63, 3.8) is 0 Å². The number of aryl methyl sites for hydroxylation is 2. The van der Waals surface area contributed by atoms with E-state index in [1.807, 2.05) is 6.20 Å². The van der Waals surface area contributed by atoms with Gasteiger partial charge in [-0.3, -0.25) is 10.1 Å². The molecule has 23 heavy (non-hydrogen) atoms. The van der Waals surface area contributed by atoms with Crippen LogP contribution in [-0.2, 0) is 6.42 Å². The molecule has 130 valence electrons. The van der Waals surface area contributed by atoms with Crippen molar-refractivity contribution < 1.29 is 0 Å². The van der Waals surface area contributed by atoms with Crippen molar-refractivity contribution in [1.29, 1.82) is 0 Å². The molecule has 0 radical (unpaired) electrons. The number of H-pyrrole nitrogens is 1. The van der Waals surface area contributed by atoms with Crippen LogP contribution in [0.5, 0.6) is 0 Å². The lowest BCUT2D eigenvalue weighted by molar-refractivity contribution is 0.297. The molecule has 1 aromatic heterocycles. The zero-order chi connectivity index (χ0) is 16.5. The first kappa shape index (κ1) is 17.8. The van der Waals surface area contributed by atoms with Crippen LogP contribution < -0.4 is 10.6 Å². The third-order valence-electron chi connectivity index (χ3n) is 5.18. The highest BCUT2D eigenvalue weighted by Gasteiger charge is 2.31. The minimum Gasteiger partial charge on any atom is -0.357 e. The van der Waals surface area contributed by atoms with Gasteiger partial charge in [-0.25, -0.2) is 0 Å². The fraction of sp³-hybridized carbons (Fsp3) is 0.778. The zero-order valence-electron chi connectivity index (χ0n) is 15.0. The molecule has 5 nitrogen and oxygen atoms in total. The van der Waals surface area contributed by atoms with Crippen molar-refractivity contribution in [2.75, 3.05) is 19.6 Å². The Bertz CT molecular complexity index is 485. The Morgan fingerprint density at radius 2 is 2.09 bits per heavy atom. The van der Waals surface area contributed by atoms with E-state index in [1.165, 1.54) is 43.4 Å². The summed E-state index contributed by atoms with van der Waals surface area (Å²) >= 11 is 0. The van der Waals surface area contributed by atoms with E-state index in [4.69, 9.17) is 4.99 Å². The van der Waals surface area contributed by atoms with Crippen LogP contribution >= 0.6 is 0 Å². The Morgan fingerprint density at radius 1 is 1.30 bits per heavy atom. The largest absolute Gasteiger partial charge is 0.357 e. The van der Waals surface area contributed by atoms with Gasteiger partial charge in [0.25, 0.3) is 0 Å². The predicted octanol–water partition coefficient (Wildman–Crippen LogP) is 3.18. The Hall–Kier alpha value is -1.52. The monoisotopic (exact) mass is 319 g/mol. The third-order valence-corrected chi connectivity index (χ3v) is 5.18. The summed E-state index contributed by atoms with van der Waals surface area (Å²) < 4.78 is 0. The summed E-state index contributed by atoms with van der Waals surface area (Å²) in [4.78, 5) is 4.87. The lowest BCUT2D eigenvalue weighted by atomic mass is 9.84. The van der Waals surface area contributed by atoms with Crippen molar-refractivity contribution in [2.24, 2.45) is 10.4 Å². The summed E-state index contributed by atoms with van der Waals surface area (Å²) in [6, 6.07) is 0. The topological polar surface area (TPSA) is 65.1 Å². The van der Waals surface area contributed by atoms with Crippen molar-refractivity contribution in [1.82, 2.24) is 20.8 Å². The molecule has 1 aromatic rings. The summed E-state index contributed by atoms with van der Waals surface area (Å²) in [5.74, 6) is 0.969. The SMILES string of the molecule is CCNC(=NCC1(CC)CCCC1)NCCCc1cn[nH]c1C. The molecule has 0 unspecified atom stereocenters. The molecule has 1 saturated carbocycles. The molecule has 0 aromatic carbocycles. The van der Waals surface area contributed by atoms with Crippen LogP contribution in [0.15, 0.2) is 11.2 Å². The van der Waals surface area contributed by atoms with Gasteiger partial charge in [0, 0.05) is 25.3 Å². The van der Waals surface area contributed by atoms with Crippen LogP contribution in [-0.4, -0.2) is 35.8 Å². The zero-order valence-corrected chi connectivity index (χ0v) is 15.0. The van der Waals surface area contributed by atoms with E-state index in [2.05, 4.69) is 41.6 Å². The molecule has 0 bridgehead atoms. The maximum absolute atomic E-state index is 4.87. The number of hydrogen-bond acceptors (Lipinski definition) is 2. The van der Waals surface area contributed by atoms with Gasteiger partial charge in [0.15, 0.2) is 5.96 Å². The number of hydrogen-bond donors (Lipinski definition) is 3. The first-order valence-electron chi connectivity index (χ1n) is 9.20. The van der Waals surface area contributed by atoms with E-state index in [0.717, 1.165) is 38.4 Å². The van der Waals surface area contributed by atoms with Gasteiger partial charge in [0.05, 0.1) is 6.20 Å². The molecule has 3 N–H and O–H groups in total. The minimum atomic E-state index is 0.455. The molecule has 5 heteroatoms. The lowest BCUT2D eigenvalue weighted by Crippen LogP contribution is -2.39. The molecular weight excluding hydrogens is 286 g/mol. The van der Waals surface area contributed by atoms with Crippen LogP contribution in [0.4, 0.5) is 0 Å². The summed E-state index contributed by atoms with van der Waals surface area (Å²) in [7, 11) is 0. The van der Waals surface area contributed by atoms with Crippen LogP contribution in [0.2, 0.25) is 0 Å². The number of aliphatic imine (C=N–C) groups is 1. The predicted molar refractivity (Wildman–Crippen MR) is 96.8 cm³/mol.